The van der Waals surface area contributed by atoms with E-state index >= 15 is 0 Å². The van der Waals surface area contributed by atoms with Gasteiger partial charge in [-0.25, -0.2) is 22.9 Å². The van der Waals surface area contributed by atoms with Crippen molar-refractivity contribution in [3.8, 4) is 5.69 Å². The van der Waals surface area contributed by atoms with Crippen molar-refractivity contribution in [1.82, 2.24) is 14.3 Å². The highest BCUT2D eigenvalue weighted by Crippen LogP contribution is 2.22. The lowest BCUT2D eigenvalue weighted by atomic mass is 10.1. The summed E-state index contributed by atoms with van der Waals surface area (Å²) in [5.41, 5.74) is 2.54. The van der Waals surface area contributed by atoms with Crippen molar-refractivity contribution in [2.24, 2.45) is 0 Å². The quantitative estimate of drug-likeness (QED) is 0.644. The molecule has 3 aromatic rings. The van der Waals surface area contributed by atoms with Crippen LogP contribution in [0.2, 0.25) is 0 Å². The average molecular weight is 399 g/mol. The number of nitrogens with one attached hydrogen (secondary N) is 1. The van der Waals surface area contributed by atoms with Crippen LogP contribution in [0.5, 0.6) is 0 Å². The Morgan fingerprint density at radius 2 is 1.89 bits per heavy atom. The Hall–Kier alpha value is -2.97. The van der Waals surface area contributed by atoms with E-state index in [0.717, 1.165) is 11.3 Å². The third kappa shape index (κ3) is 4.13. The van der Waals surface area contributed by atoms with Gasteiger partial charge in [-0.15, -0.1) is 0 Å². The van der Waals surface area contributed by atoms with Crippen molar-refractivity contribution in [3.05, 3.63) is 77.9 Å². The van der Waals surface area contributed by atoms with Crippen LogP contribution in [0.25, 0.3) is 5.69 Å². The molecule has 28 heavy (non-hydrogen) atoms. The Labute approximate surface area is 164 Å². The molecule has 1 atom stereocenters. The Balaban J connectivity index is 1.79. The van der Waals surface area contributed by atoms with Gasteiger partial charge >= 0.3 is 5.97 Å². The third-order valence-electron chi connectivity index (χ3n) is 4.41. The van der Waals surface area contributed by atoms with Gasteiger partial charge in [-0.05, 0) is 55.3 Å². The predicted octanol–water partition coefficient (Wildman–Crippen LogP) is 3.01. The number of imidazole rings is 1. The Morgan fingerprint density at radius 1 is 1.18 bits per heavy atom. The van der Waals surface area contributed by atoms with Gasteiger partial charge in [0.1, 0.15) is 0 Å². The molecule has 0 aliphatic heterocycles. The number of benzene rings is 2. The minimum absolute atomic E-state index is 0.127. The second-order valence-corrected chi connectivity index (χ2v) is 8.06. The van der Waals surface area contributed by atoms with E-state index in [0.29, 0.717) is 11.1 Å². The summed E-state index contributed by atoms with van der Waals surface area (Å²) in [7, 11) is -2.48. The molecule has 0 amide bonds. The highest BCUT2D eigenvalue weighted by atomic mass is 32.2. The minimum Gasteiger partial charge on any atom is -0.465 e. The summed E-state index contributed by atoms with van der Waals surface area (Å²) in [5.74, 6) is -0.508. The molecule has 0 saturated carbocycles. The normalized spacial score (nSPS) is 12.5. The number of carbonyl (C=O) groups excluding carboxylic acids is 1. The van der Waals surface area contributed by atoms with E-state index in [4.69, 9.17) is 0 Å². The molecule has 0 spiro atoms. The van der Waals surface area contributed by atoms with E-state index in [2.05, 4.69) is 14.4 Å². The second kappa shape index (κ2) is 7.95. The molecule has 0 saturated heterocycles. The van der Waals surface area contributed by atoms with Gasteiger partial charge in [-0.3, -0.25) is 0 Å². The highest BCUT2D eigenvalue weighted by Gasteiger charge is 2.21. The maximum Gasteiger partial charge on any atom is 0.337 e. The van der Waals surface area contributed by atoms with E-state index in [1.807, 2.05) is 35.0 Å². The molecule has 0 bridgehead atoms. The van der Waals surface area contributed by atoms with E-state index in [9.17, 15) is 13.2 Å². The maximum atomic E-state index is 12.8. The van der Waals surface area contributed by atoms with Crippen molar-refractivity contribution in [3.63, 3.8) is 0 Å². The fraction of sp³-hybridized carbons (Fsp3) is 0.200. The summed E-state index contributed by atoms with van der Waals surface area (Å²) in [6.45, 7) is 3.42. The number of sulfonamides is 1. The number of nitrogens with zero attached hydrogens (tertiary/aromatic N) is 2. The zero-order chi connectivity index (χ0) is 20.3. The number of esters is 1. The number of carbonyl (C=O) groups is 1. The standard InChI is InChI=1S/C20H21N3O4S/c1-14-12-17(20(24)27-3)6-9-19(14)28(25,26)22-15(2)16-4-7-18(8-5-16)23-11-10-21-13-23/h4-13,15,22H,1-3H3. The van der Waals surface area contributed by atoms with Crippen LogP contribution in [0.1, 0.15) is 34.5 Å². The summed E-state index contributed by atoms with van der Waals surface area (Å²) in [6, 6.07) is 11.5. The van der Waals surface area contributed by atoms with E-state index in [1.54, 1.807) is 26.4 Å². The molecule has 0 radical (unpaired) electrons. The molecule has 1 aromatic heterocycles. The molecule has 1 heterocycles. The van der Waals surface area contributed by atoms with Crippen molar-refractivity contribution < 1.29 is 17.9 Å². The lowest BCUT2D eigenvalue weighted by Crippen LogP contribution is -2.27. The molecule has 2 aromatic carbocycles. The summed E-state index contributed by atoms with van der Waals surface area (Å²) in [4.78, 5) is 15.7. The molecule has 146 valence electrons. The van der Waals surface area contributed by atoms with Crippen molar-refractivity contribution >= 4 is 16.0 Å². The lowest BCUT2D eigenvalue weighted by Gasteiger charge is -2.17. The monoisotopic (exact) mass is 399 g/mol. The molecular formula is C20H21N3O4S. The summed E-state index contributed by atoms with van der Waals surface area (Å²) >= 11 is 0. The molecule has 1 N–H and O–H groups in total. The van der Waals surface area contributed by atoms with Crippen molar-refractivity contribution in [2.45, 2.75) is 24.8 Å². The number of aryl methyl sites for hydroxylation is 1. The number of ether oxygens (including phenoxy) is 1. The van der Waals surface area contributed by atoms with Gasteiger partial charge in [0.05, 0.1) is 23.9 Å². The summed E-state index contributed by atoms with van der Waals surface area (Å²) in [6.07, 6.45) is 5.22. The molecule has 0 aliphatic rings. The van der Waals surface area contributed by atoms with E-state index in [-0.39, 0.29) is 4.90 Å². The molecule has 8 heteroatoms. The average Bonchev–Trinajstić information content (AvgIpc) is 3.21. The van der Waals surface area contributed by atoms with Crippen LogP contribution >= 0.6 is 0 Å². The highest BCUT2D eigenvalue weighted by molar-refractivity contribution is 7.89. The van der Waals surface area contributed by atoms with Gasteiger partial charge in [0.25, 0.3) is 0 Å². The van der Waals surface area contributed by atoms with Gasteiger partial charge in [0.2, 0.25) is 10.0 Å². The molecule has 1 unspecified atom stereocenters. The van der Waals surface area contributed by atoms with Crippen molar-refractivity contribution in [1.29, 1.82) is 0 Å². The Kier molecular flexibility index (Phi) is 5.62. The van der Waals surface area contributed by atoms with Gasteiger partial charge in [-0.1, -0.05) is 12.1 Å². The fourth-order valence-corrected chi connectivity index (χ4v) is 4.37. The van der Waals surface area contributed by atoms with Crippen LogP contribution in [0.4, 0.5) is 0 Å². The molecule has 0 fully saturated rings. The van der Waals surface area contributed by atoms with Crippen LogP contribution in [0.15, 0.2) is 66.1 Å². The summed E-state index contributed by atoms with van der Waals surface area (Å²) in [5, 5.41) is 0. The molecule has 3 rings (SSSR count). The van der Waals surface area contributed by atoms with E-state index < -0.39 is 22.0 Å². The van der Waals surface area contributed by atoms with Gasteiger partial charge < -0.3 is 9.30 Å². The molecular weight excluding hydrogens is 378 g/mol. The number of hydrogen-bond donors (Lipinski definition) is 1. The van der Waals surface area contributed by atoms with Gasteiger partial charge in [-0.2, -0.15) is 0 Å². The van der Waals surface area contributed by atoms with Crippen LogP contribution in [0, 0.1) is 6.92 Å². The molecule has 0 aliphatic carbocycles. The first kappa shape index (κ1) is 19.8. The first-order chi connectivity index (χ1) is 13.3. The largest absolute Gasteiger partial charge is 0.465 e. The van der Waals surface area contributed by atoms with Crippen LogP contribution in [-0.4, -0.2) is 31.0 Å². The first-order valence-corrected chi connectivity index (χ1v) is 10.1. The van der Waals surface area contributed by atoms with Crippen LogP contribution in [-0.2, 0) is 14.8 Å². The van der Waals surface area contributed by atoms with Gasteiger partial charge in [0, 0.05) is 24.1 Å². The minimum atomic E-state index is -3.76. The van der Waals surface area contributed by atoms with E-state index in [1.165, 1.54) is 25.3 Å². The number of hydrogen-bond acceptors (Lipinski definition) is 5. The predicted molar refractivity (Wildman–Crippen MR) is 105 cm³/mol. The topological polar surface area (TPSA) is 90.3 Å². The number of rotatable bonds is 6. The number of aromatic nitrogens is 2. The second-order valence-electron chi connectivity index (χ2n) is 6.38. The van der Waals surface area contributed by atoms with Crippen LogP contribution < -0.4 is 4.72 Å². The maximum absolute atomic E-state index is 12.8. The summed E-state index contributed by atoms with van der Waals surface area (Å²) < 4.78 is 34.8. The Morgan fingerprint density at radius 3 is 2.46 bits per heavy atom. The zero-order valence-corrected chi connectivity index (χ0v) is 16.6. The SMILES string of the molecule is COC(=O)c1ccc(S(=O)(=O)NC(C)c2ccc(-n3ccnc3)cc2)c(C)c1. The fourth-order valence-electron chi connectivity index (χ4n) is 2.91. The Bertz CT molecular complexity index is 1080. The van der Waals surface area contributed by atoms with Crippen LogP contribution in [0.3, 0.4) is 0 Å². The number of methoxy groups -OCH3 is 1. The van der Waals surface area contributed by atoms with Gasteiger partial charge in [0.15, 0.2) is 0 Å². The zero-order valence-electron chi connectivity index (χ0n) is 15.8. The van der Waals surface area contributed by atoms with Crippen molar-refractivity contribution in [2.75, 3.05) is 7.11 Å². The molecule has 7 nitrogen and oxygen atoms in total. The third-order valence-corrected chi connectivity index (χ3v) is 6.11. The lowest BCUT2D eigenvalue weighted by molar-refractivity contribution is 0.0600. The first-order valence-electron chi connectivity index (χ1n) is 8.61. The smallest absolute Gasteiger partial charge is 0.337 e.